The molecule has 0 fully saturated rings. The van der Waals surface area contributed by atoms with Gasteiger partial charge in [0.2, 0.25) is 11.8 Å². The fraction of sp³-hybridized carbons (Fsp3) is 0.292. The maximum Gasteiger partial charge on any atom is 0.225 e. The van der Waals surface area contributed by atoms with Gasteiger partial charge in [-0.15, -0.1) is 0 Å². The molecular formula is C24H28N4O2. The number of benzene rings is 2. The van der Waals surface area contributed by atoms with Crippen LogP contribution in [0.25, 0.3) is 16.9 Å². The van der Waals surface area contributed by atoms with Crippen LogP contribution in [0.15, 0.2) is 60.7 Å². The third kappa shape index (κ3) is 5.80. The van der Waals surface area contributed by atoms with Crippen molar-refractivity contribution in [2.45, 2.75) is 46.1 Å². The van der Waals surface area contributed by atoms with Crippen LogP contribution in [0.3, 0.4) is 0 Å². The lowest BCUT2D eigenvalue weighted by Gasteiger charge is -2.10. The SMILES string of the molecule is Cc1ccc(-n2nc(-c3ccccc3)cc2NC(=O)CCCC(=O)NC(C)C)cc1. The number of carbonyl (C=O) groups excluding carboxylic acids is 2. The lowest BCUT2D eigenvalue weighted by atomic mass is 10.1. The highest BCUT2D eigenvalue weighted by atomic mass is 16.2. The summed E-state index contributed by atoms with van der Waals surface area (Å²) in [5, 5.41) is 10.5. The minimum absolute atomic E-state index is 0.0335. The third-order valence-corrected chi connectivity index (χ3v) is 4.58. The van der Waals surface area contributed by atoms with Gasteiger partial charge < -0.3 is 10.6 Å². The first-order valence-corrected chi connectivity index (χ1v) is 10.2. The molecule has 3 aromatic rings. The average molecular weight is 405 g/mol. The average Bonchev–Trinajstić information content (AvgIpc) is 3.12. The quantitative estimate of drug-likeness (QED) is 0.581. The van der Waals surface area contributed by atoms with Gasteiger partial charge in [-0.3, -0.25) is 9.59 Å². The number of amides is 2. The standard InChI is InChI=1S/C24H28N4O2/c1-17(2)25-23(29)10-7-11-24(30)26-22-16-21(19-8-5-4-6-9-19)27-28(22)20-14-12-18(3)13-15-20/h4-6,8-9,12-17H,7,10-11H2,1-3H3,(H,25,29)(H,26,30). The van der Waals surface area contributed by atoms with E-state index in [1.807, 2.05) is 81.4 Å². The van der Waals surface area contributed by atoms with Crippen LogP contribution in [0.5, 0.6) is 0 Å². The molecule has 0 unspecified atom stereocenters. The molecule has 6 nitrogen and oxygen atoms in total. The highest BCUT2D eigenvalue weighted by Crippen LogP contribution is 2.25. The van der Waals surface area contributed by atoms with Gasteiger partial charge in [0.1, 0.15) is 5.82 Å². The number of nitrogens with zero attached hydrogens (tertiary/aromatic N) is 2. The van der Waals surface area contributed by atoms with Crippen molar-refractivity contribution in [2.75, 3.05) is 5.32 Å². The van der Waals surface area contributed by atoms with E-state index in [0.717, 1.165) is 22.5 Å². The summed E-state index contributed by atoms with van der Waals surface area (Å²) in [7, 11) is 0. The van der Waals surface area contributed by atoms with E-state index < -0.39 is 0 Å². The summed E-state index contributed by atoms with van der Waals surface area (Å²) in [6.07, 6.45) is 1.10. The van der Waals surface area contributed by atoms with E-state index in [-0.39, 0.29) is 24.3 Å². The predicted molar refractivity (Wildman–Crippen MR) is 119 cm³/mol. The number of hydrogen-bond donors (Lipinski definition) is 2. The summed E-state index contributed by atoms with van der Waals surface area (Å²) in [5.41, 5.74) is 3.78. The van der Waals surface area contributed by atoms with Crippen LogP contribution in [0.2, 0.25) is 0 Å². The first kappa shape index (κ1) is 21.3. The Hall–Kier alpha value is -3.41. The largest absolute Gasteiger partial charge is 0.354 e. The highest BCUT2D eigenvalue weighted by molar-refractivity contribution is 5.91. The highest BCUT2D eigenvalue weighted by Gasteiger charge is 2.14. The Labute approximate surface area is 177 Å². The second kappa shape index (κ2) is 9.87. The number of aromatic nitrogens is 2. The Morgan fingerprint density at radius 1 is 0.967 bits per heavy atom. The van der Waals surface area contributed by atoms with Crippen LogP contribution in [0.1, 0.15) is 38.7 Å². The van der Waals surface area contributed by atoms with Gasteiger partial charge in [0.25, 0.3) is 0 Å². The third-order valence-electron chi connectivity index (χ3n) is 4.58. The van der Waals surface area contributed by atoms with Crippen molar-refractivity contribution in [1.29, 1.82) is 0 Å². The molecule has 2 N–H and O–H groups in total. The number of nitrogens with one attached hydrogen (secondary N) is 2. The molecule has 156 valence electrons. The van der Waals surface area contributed by atoms with Crippen molar-refractivity contribution in [3.8, 4) is 16.9 Å². The van der Waals surface area contributed by atoms with E-state index in [2.05, 4.69) is 10.6 Å². The first-order valence-electron chi connectivity index (χ1n) is 10.2. The molecule has 1 heterocycles. The van der Waals surface area contributed by atoms with Crippen LogP contribution in [-0.2, 0) is 9.59 Å². The number of anilines is 1. The van der Waals surface area contributed by atoms with Gasteiger partial charge in [-0.2, -0.15) is 5.10 Å². The molecule has 30 heavy (non-hydrogen) atoms. The zero-order valence-electron chi connectivity index (χ0n) is 17.7. The Bertz CT molecular complexity index is 992. The van der Waals surface area contributed by atoms with E-state index in [0.29, 0.717) is 18.7 Å². The maximum atomic E-state index is 12.5. The molecule has 0 radical (unpaired) electrons. The molecule has 2 aromatic carbocycles. The van der Waals surface area contributed by atoms with E-state index in [4.69, 9.17) is 5.10 Å². The maximum absolute atomic E-state index is 12.5. The van der Waals surface area contributed by atoms with Crippen molar-refractivity contribution >= 4 is 17.6 Å². The zero-order chi connectivity index (χ0) is 21.5. The van der Waals surface area contributed by atoms with Crippen molar-refractivity contribution in [1.82, 2.24) is 15.1 Å². The molecule has 2 amide bonds. The molecule has 0 spiro atoms. The van der Waals surface area contributed by atoms with Gasteiger partial charge in [-0.1, -0.05) is 48.0 Å². The van der Waals surface area contributed by atoms with Gasteiger partial charge in [0.05, 0.1) is 11.4 Å². The number of carbonyl (C=O) groups is 2. The number of rotatable bonds is 8. The number of hydrogen-bond acceptors (Lipinski definition) is 3. The second-order valence-electron chi connectivity index (χ2n) is 7.65. The summed E-state index contributed by atoms with van der Waals surface area (Å²) >= 11 is 0. The molecule has 0 bridgehead atoms. The fourth-order valence-electron chi connectivity index (χ4n) is 3.11. The zero-order valence-corrected chi connectivity index (χ0v) is 17.7. The molecule has 0 saturated carbocycles. The molecule has 0 saturated heterocycles. The Morgan fingerprint density at radius 2 is 1.63 bits per heavy atom. The summed E-state index contributed by atoms with van der Waals surface area (Å²) in [4.78, 5) is 24.3. The Kier molecular flexibility index (Phi) is 7.01. The predicted octanol–water partition coefficient (Wildman–Crippen LogP) is 4.48. The first-order chi connectivity index (χ1) is 14.4. The number of aryl methyl sites for hydroxylation is 1. The van der Waals surface area contributed by atoms with E-state index in [9.17, 15) is 9.59 Å². The van der Waals surface area contributed by atoms with Gasteiger partial charge in [-0.25, -0.2) is 4.68 Å². The fourth-order valence-corrected chi connectivity index (χ4v) is 3.11. The molecular weight excluding hydrogens is 376 g/mol. The molecule has 6 heteroatoms. The van der Waals surface area contributed by atoms with Gasteiger partial charge in [0.15, 0.2) is 0 Å². The minimum Gasteiger partial charge on any atom is -0.354 e. The van der Waals surface area contributed by atoms with Gasteiger partial charge >= 0.3 is 0 Å². The summed E-state index contributed by atoms with van der Waals surface area (Å²) < 4.78 is 1.74. The second-order valence-corrected chi connectivity index (χ2v) is 7.65. The van der Waals surface area contributed by atoms with Crippen molar-refractivity contribution in [2.24, 2.45) is 0 Å². The summed E-state index contributed by atoms with van der Waals surface area (Å²) in [6, 6.07) is 19.8. The smallest absolute Gasteiger partial charge is 0.225 e. The van der Waals surface area contributed by atoms with E-state index in [1.54, 1.807) is 4.68 Å². The van der Waals surface area contributed by atoms with Crippen molar-refractivity contribution < 1.29 is 9.59 Å². The molecule has 0 aliphatic carbocycles. The van der Waals surface area contributed by atoms with Crippen LogP contribution >= 0.6 is 0 Å². The lowest BCUT2D eigenvalue weighted by Crippen LogP contribution is -2.30. The molecule has 3 rings (SSSR count). The van der Waals surface area contributed by atoms with Crippen LogP contribution in [0.4, 0.5) is 5.82 Å². The Morgan fingerprint density at radius 3 is 2.30 bits per heavy atom. The van der Waals surface area contributed by atoms with Crippen LogP contribution in [-0.4, -0.2) is 27.6 Å². The molecule has 0 aliphatic heterocycles. The molecule has 0 aliphatic rings. The monoisotopic (exact) mass is 404 g/mol. The van der Waals surface area contributed by atoms with Crippen LogP contribution in [0, 0.1) is 6.92 Å². The van der Waals surface area contributed by atoms with Crippen molar-refractivity contribution in [3.05, 3.63) is 66.2 Å². The summed E-state index contributed by atoms with van der Waals surface area (Å²) in [5.74, 6) is 0.434. The van der Waals surface area contributed by atoms with Crippen LogP contribution < -0.4 is 10.6 Å². The normalized spacial score (nSPS) is 10.8. The Balaban J connectivity index is 1.75. The summed E-state index contributed by atoms with van der Waals surface area (Å²) in [6.45, 7) is 5.86. The topological polar surface area (TPSA) is 76.0 Å². The molecule has 1 aromatic heterocycles. The van der Waals surface area contributed by atoms with E-state index in [1.165, 1.54) is 0 Å². The van der Waals surface area contributed by atoms with E-state index >= 15 is 0 Å². The van der Waals surface area contributed by atoms with Gasteiger partial charge in [0, 0.05) is 30.5 Å². The minimum atomic E-state index is -0.139. The van der Waals surface area contributed by atoms with Gasteiger partial charge in [-0.05, 0) is 39.3 Å². The lowest BCUT2D eigenvalue weighted by molar-refractivity contribution is -0.121. The van der Waals surface area contributed by atoms with Crippen molar-refractivity contribution in [3.63, 3.8) is 0 Å². The molecule has 0 atom stereocenters.